The molecule has 0 spiro atoms. The summed E-state index contributed by atoms with van der Waals surface area (Å²) in [5.41, 5.74) is 7.14. The normalized spacial score (nSPS) is 21.2. The number of nitrogens with zero attached hydrogens (tertiary/aromatic N) is 1. The predicted octanol–water partition coefficient (Wildman–Crippen LogP) is 3.52. The first-order chi connectivity index (χ1) is 7.76. The van der Waals surface area contributed by atoms with Crippen molar-refractivity contribution in [2.75, 3.05) is 17.6 Å². The average molecular weight is 298 g/mol. The number of nitrogens with one attached hydrogen (secondary N) is 1. The first-order valence-electron chi connectivity index (χ1n) is 5.91. The highest BCUT2D eigenvalue weighted by Gasteiger charge is 2.64. The van der Waals surface area contributed by atoms with Gasteiger partial charge in [-0.1, -0.05) is 27.7 Å². The van der Waals surface area contributed by atoms with Gasteiger partial charge in [-0.2, -0.15) is 0 Å². The fourth-order valence-corrected chi connectivity index (χ4v) is 3.13. The molecule has 1 fully saturated rings. The smallest absolute Gasteiger partial charge is 0.140 e. The van der Waals surface area contributed by atoms with Crippen molar-refractivity contribution in [3.05, 3.63) is 16.7 Å². The van der Waals surface area contributed by atoms with Gasteiger partial charge >= 0.3 is 0 Å². The van der Waals surface area contributed by atoms with E-state index in [0.29, 0.717) is 22.4 Å². The minimum atomic E-state index is 0.403. The number of hydrogen-bond donors (Lipinski definition) is 2. The number of hydrogen-bond acceptors (Lipinski definition) is 3. The summed E-state index contributed by atoms with van der Waals surface area (Å²) in [6.45, 7) is 10.3. The molecule has 1 heterocycles. The number of nitrogens with two attached hydrogens (primary N) is 1. The summed E-state index contributed by atoms with van der Waals surface area (Å²) >= 11 is 3.47. The maximum atomic E-state index is 5.66. The van der Waals surface area contributed by atoms with Crippen molar-refractivity contribution in [1.82, 2.24) is 4.98 Å². The summed E-state index contributed by atoms with van der Waals surface area (Å²) in [6.07, 6.45) is 1.68. The van der Waals surface area contributed by atoms with Crippen LogP contribution in [0.3, 0.4) is 0 Å². The van der Waals surface area contributed by atoms with Gasteiger partial charge in [0.25, 0.3) is 0 Å². The molecule has 3 nitrogen and oxygen atoms in total. The van der Waals surface area contributed by atoms with Gasteiger partial charge in [0.1, 0.15) is 5.82 Å². The van der Waals surface area contributed by atoms with Crippen LogP contribution in [0.15, 0.2) is 16.7 Å². The molecule has 0 amide bonds. The maximum absolute atomic E-state index is 5.66. The van der Waals surface area contributed by atoms with Crippen molar-refractivity contribution < 1.29 is 0 Å². The Labute approximate surface area is 111 Å². The van der Waals surface area contributed by atoms with Crippen molar-refractivity contribution in [2.24, 2.45) is 16.7 Å². The third-order valence-electron chi connectivity index (χ3n) is 4.66. The van der Waals surface area contributed by atoms with Crippen molar-refractivity contribution in [1.29, 1.82) is 0 Å². The van der Waals surface area contributed by atoms with Crippen LogP contribution < -0.4 is 11.1 Å². The van der Waals surface area contributed by atoms with Gasteiger partial charge in [-0.3, -0.25) is 0 Å². The van der Waals surface area contributed by atoms with Crippen molar-refractivity contribution in [3.63, 3.8) is 0 Å². The van der Waals surface area contributed by atoms with E-state index in [1.807, 2.05) is 6.07 Å². The van der Waals surface area contributed by atoms with Crippen LogP contribution in [0, 0.1) is 16.7 Å². The lowest BCUT2D eigenvalue weighted by molar-refractivity contribution is 0.457. The largest absolute Gasteiger partial charge is 0.397 e. The van der Waals surface area contributed by atoms with Gasteiger partial charge in [-0.15, -0.1) is 0 Å². The van der Waals surface area contributed by atoms with E-state index in [4.69, 9.17) is 5.73 Å². The first-order valence-corrected chi connectivity index (χ1v) is 6.71. The van der Waals surface area contributed by atoms with Crippen LogP contribution in [0.2, 0.25) is 0 Å². The van der Waals surface area contributed by atoms with Gasteiger partial charge in [0, 0.05) is 6.54 Å². The molecule has 17 heavy (non-hydrogen) atoms. The SMILES string of the molecule is CC1(C)C(CNc2ncc(N)cc2Br)C1(C)C. The van der Waals surface area contributed by atoms with Crippen molar-refractivity contribution in [3.8, 4) is 0 Å². The zero-order valence-electron chi connectivity index (χ0n) is 10.8. The number of pyridine rings is 1. The van der Waals surface area contributed by atoms with Crippen LogP contribution in [-0.2, 0) is 0 Å². The highest BCUT2D eigenvalue weighted by atomic mass is 79.9. The number of nitrogen functional groups attached to an aromatic ring is 1. The number of aromatic nitrogens is 1. The second kappa shape index (κ2) is 3.87. The second-order valence-corrected chi connectivity index (χ2v) is 6.83. The Hall–Kier alpha value is -0.770. The predicted molar refractivity (Wildman–Crippen MR) is 75.9 cm³/mol. The number of rotatable bonds is 3. The molecular formula is C13H20BrN3. The number of anilines is 2. The lowest BCUT2D eigenvalue weighted by atomic mass is 10.0. The van der Waals surface area contributed by atoms with Crippen LogP contribution in [0.25, 0.3) is 0 Å². The van der Waals surface area contributed by atoms with Crippen LogP contribution in [0.5, 0.6) is 0 Å². The van der Waals surface area contributed by atoms with Gasteiger partial charge in [-0.05, 0) is 38.7 Å². The van der Waals surface area contributed by atoms with Gasteiger partial charge in [0.05, 0.1) is 16.4 Å². The molecule has 1 aliphatic rings. The van der Waals surface area contributed by atoms with E-state index in [2.05, 4.69) is 53.9 Å². The van der Waals surface area contributed by atoms with E-state index in [1.54, 1.807) is 6.20 Å². The Kier molecular flexibility index (Phi) is 2.89. The van der Waals surface area contributed by atoms with Gasteiger partial charge in [0.15, 0.2) is 0 Å². The molecule has 0 unspecified atom stereocenters. The van der Waals surface area contributed by atoms with Crippen LogP contribution in [0.1, 0.15) is 27.7 Å². The van der Waals surface area contributed by atoms with Gasteiger partial charge in [0.2, 0.25) is 0 Å². The molecule has 94 valence electrons. The molecular weight excluding hydrogens is 278 g/mol. The topological polar surface area (TPSA) is 50.9 Å². The Morgan fingerprint density at radius 3 is 2.41 bits per heavy atom. The van der Waals surface area contributed by atoms with E-state index >= 15 is 0 Å². The average Bonchev–Trinajstić information content (AvgIpc) is 2.58. The van der Waals surface area contributed by atoms with E-state index in [-0.39, 0.29) is 0 Å². The molecule has 1 aliphatic carbocycles. The maximum Gasteiger partial charge on any atom is 0.140 e. The molecule has 0 saturated heterocycles. The molecule has 4 heteroatoms. The summed E-state index contributed by atoms with van der Waals surface area (Å²) in [7, 11) is 0. The fraction of sp³-hybridized carbons (Fsp3) is 0.615. The highest BCUT2D eigenvalue weighted by Crippen LogP contribution is 2.68. The second-order valence-electron chi connectivity index (χ2n) is 5.98. The summed E-state index contributed by atoms with van der Waals surface area (Å²) in [5.74, 6) is 1.55. The summed E-state index contributed by atoms with van der Waals surface area (Å²) in [4.78, 5) is 4.29. The minimum Gasteiger partial charge on any atom is -0.397 e. The Morgan fingerprint density at radius 2 is 1.94 bits per heavy atom. The third kappa shape index (κ3) is 2.03. The molecule has 1 saturated carbocycles. The van der Waals surface area contributed by atoms with Crippen LogP contribution in [-0.4, -0.2) is 11.5 Å². The molecule has 0 atom stereocenters. The Morgan fingerprint density at radius 1 is 1.35 bits per heavy atom. The molecule has 3 N–H and O–H groups in total. The zero-order valence-corrected chi connectivity index (χ0v) is 12.4. The first kappa shape index (κ1) is 12.7. The van der Waals surface area contributed by atoms with E-state index < -0.39 is 0 Å². The standard InChI is InChI=1S/C13H20BrN3/c1-12(2)10(13(12,3)4)7-17-11-9(14)5-8(15)6-16-11/h5-6,10H,7,15H2,1-4H3,(H,16,17). The van der Waals surface area contributed by atoms with Crippen LogP contribution >= 0.6 is 15.9 Å². The Balaban J connectivity index is 2.00. The van der Waals surface area contributed by atoms with Crippen LogP contribution in [0.4, 0.5) is 11.5 Å². The van der Waals surface area contributed by atoms with E-state index in [0.717, 1.165) is 16.8 Å². The minimum absolute atomic E-state index is 0.403. The summed E-state index contributed by atoms with van der Waals surface area (Å²) in [5, 5.41) is 3.40. The lowest BCUT2D eigenvalue weighted by Crippen LogP contribution is -2.09. The summed E-state index contributed by atoms with van der Waals surface area (Å²) < 4.78 is 0.925. The zero-order chi connectivity index (χ0) is 12.8. The molecule has 1 aromatic rings. The third-order valence-corrected chi connectivity index (χ3v) is 5.26. The molecule has 0 bridgehead atoms. The molecule has 0 aromatic carbocycles. The quantitative estimate of drug-likeness (QED) is 0.897. The highest BCUT2D eigenvalue weighted by molar-refractivity contribution is 9.10. The Bertz CT molecular complexity index is 426. The van der Waals surface area contributed by atoms with E-state index in [9.17, 15) is 0 Å². The summed E-state index contributed by atoms with van der Waals surface area (Å²) in [6, 6.07) is 1.87. The van der Waals surface area contributed by atoms with Crippen molar-refractivity contribution in [2.45, 2.75) is 27.7 Å². The van der Waals surface area contributed by atoms with Crippen molar-refractivity contribution >= 4 is 27.4 Å². The van der Waals surface area contributed by atoms with Gasteiger partial charge in [-0.25, -0.2) is 4.98 Å². The lowest BCUT2D eigenvalue weighted by Gasteiger charge is -2.09. The fourth-order valence-electron chi connectivity index (χ4n) is 2.63. The molecule has 2 rings (SSSR count). The molecule has 0 aliphatic heterocycles. The van der Waals surface area contributed by atoms with E-state index in [1.165, 1.54) is 0 Å². The number of halogens is 1. The monoisotopic (exact) mass is 297 g/mol. The molecule has 0 radical (unpaired) electrons. The molecule has 1 aromatic heterocycles. The van der Waals surface area contributed by atoms with Gasteiger partial charge < -0.3 is 11.1 Å².